The maximum absolute atomic E-state index is 11.5. The highest BCUT2D eigenvalue weighted by atomic mass is 16.2. The molecule has 6 nitrogen and oxygen atoms in total. The average Bonchev–Trinajstić information content (AvgIpc) is 2.85. The topological polar surface area (TPSA) is 83.0 Å². The molecule has 0 fully saturated rings. The number of aromatic nitrogens is 3. The monoisotopic (exact) mass is 257 g/mol. The van der Waals surface area contributed by atoms with Gasteiger partial charge in [0.2, 0.25) is 5.91 Å². The second kappa shape index (κ2) is 4.46. The molecule has 1 aliphatic rings. The van der Waals surface area contributed by atoms with Gasteiger partial charge >= 0.3 is 0 Å². The van der Waals surface area contributed by atoms with Gasteiger partial charge in [-0.05, 0) is 18.1 Å². The van der Waals surface area contributed by atoms with Gasteiger partial charge in [0.25, 0.3) is 0 Å². The van der Waals surface area contributed by atoms with Crippen molar-refractivity contribution in [3.8, 4) is 0 Å². The number of H-pyrrole nitrogens is 1. The van der Waals surface area contributed by atoms with Gasteiger partial charge in [-0.1, -0.05) is 19.9 Å². The quantitative estimate of drug-likeness (QED) is 0.854. The number of amides is 1. The Morgan fingerprint density at radius 3 is 2.84 bits per heavy atom. The Morgan fingerprint density at radius 2 is 2.05 bits per heavy atom. The molecule has 6 heteroatoms. The van der Waals surface area contributed by atoms with Crippen molar-refractivity contribution in [3.63, 3.8) is 0 Å². The van der Waals surface area contributed by atoms with E-state index in [-0.39, 0.29) is 11.8 Å². The number of nitrogens with zero attached hydrogens (tertiary/aromatic N) is 3. The van der Waals surface area contributed by atoms with Crippen molar-refractivity contribution < 1.29 is 4.79 Å². The molecule has 1 aromatic heterocycles. The van der Waals surface area contributed by atoms with E-state index in [9.17, 15) is 4.79 Å². The second-order valence-electron chi connectivity index (χ2n) is 5.11. The second-order valence-corrected chi connectivity index (χ2v) is 5.11. The minimum atomic E-state index is -0.0232. The highest BCUT2D eigenvalue weighted by Crippen LogP contribution is 2.25. The number of rotatable bonds is 2. The van der Waals surface area contributed by atoms with Crippen molar-refractivity contribution in [1.29, 1.82) is 0 Å². The molecule has 2 heterocycles. The minimum absolute atomic E-state index is 0.0232. The van der Waals surface area contributed by atoms with Crippen molar-refractivity contribution in [2.24, 2.45) is 16.9 Å². The normalized spacial score (nSPS) is 19.6. The third-order valence-corrected chi connectivity index (χ3v) is 3.47. The smallest absolute Gasteiger partial charge is 0.240 e. The lowest BCUT2D eigenvalue weighted by molar-refractivity contribution is -0.122. The Kier molecular flexibility index (Phi) is 2.77. The molecule has 0 spiro atoms. The van der Waals surface area contributed by atoms with Crippen molar-refractivity contribution in [2.75, 3.05) is 0 Å². The van der Waals surface area contributed by atoms with Crippen molar-refractivity contribution in [3.05, 3.63) is 23.8 Å². The highest BCUT2D eigenvalue weighted by Gasteiger charge is 2.28. The Bertz CT molecular complexity index is 658. The number of carbonyl (C=O) groups excluding carboxylic acids is 1. The summed E-state index contributed by atoms with van der Waals surface area (Å²) in [5.74, 6) is 0.473. The maximum atomic E-state index is 11.5. The summed E-state index contributed by atoms with van der Waals surface area (Å²) in [5, 5.41) is 14.9. The fourth-order valence-corrected chi connectivity index (χ4v) is 2.38. The summed E-state index contributed by atoms with van der Waals surface area (Å²) >= 11 is 0. The van der Waals surface area contributed by atoms with Gasteiger partial charge in [-0.3, -0.25) is 4.79 Å². The number of nitrogens with one attached hydrogen (secondary N) is 2. The largest absolute Gasteiger partial charge is 0.273 e. The standard InChI is InChI=1S/C13H15N5O/c1-7(2)9-6-12(19)16-17-13(9)8-3-4-10-11(5-8)15-18-14-10/h3-5,7,9H,6H2,1-2H3,(H,16,19)(H,14,15,18). The van der Waals surface area contributed by atoms with Gasteiger partial charge in [-0.25, -0.2) is 5.43 Å². The molecule has 1 aliphatic heterocycles. The molecule has 1 amide bonds. The number of hydrazone groups is 1. The van der Waals surface area contributed by atoms with Crippen molar-refractivity contribution in [1.82, 2.24) is 20.8 Å². The summed E-state index contributed by atoms with van der Waals surface area (Å²) in [7, 11) is 0. The van der Waals surface area contributed by atoms with Gasteiger partial charge in [-0.15, -0.1) is 0 Å². The van der Waals surface area contributed by atoms with Gasteiger partial charge in [-0.2, -0.15) is 20.5 Å². The third kappa shape index (κ3) is 2.09. The van der Waals surface area contributed by atoms with Gasteiger partial charge < -0.3 is 0 Å². The fourth-order valence-electron chi connectivity index (χ4n) is 2.38. The van der Waals surface area contributed by atoms with E-state index in [1.54, 1.807) is 0 Å². The molecule has 1 atom stereocenters. The van der Waals surface area contributed by atoms with E-state index in [2.05, 4.69) is 39.8 Å². The molecule has 0 saturated carbocycles. The van der Waals surface area contributed by atoms with Crippen LogP contribution in [0.5, 0.6) is 0 Å². The Morgan fingerprint density at radius 1 is 1.26 bits per heavy atom. The van der Waals surface area contributed by atoms with Gasteiger partial charge in [0.1, 0.15) is 11.0 Å². The van der Waals surface area contributed by atoms with Crippen LogP contribution in [0.1, 0.15) is 25.8 Å². The Labute approximate surface area is 110 Å². The number of fused-ring (bicyclic) bond motifs is 1. The molecule has 2 N–H and O–H groups in total. The zero-order valence-electron chi connectivity index (χ0n) is 10.8. The Hall–Kier alpha value is -2.24. The van der Waals surface area contributed by atoms with Crippen LogP contribution in [0.3, 0.4) is 0 Å². The van der Waals surface area contributed by atoms with E-state index in [1.165, 1.54) is 0 Å². The molecule has 0 aliphatic carbocycles. The maximum Gasteiger partial charge on any atom is 0.240 e. The van der Waals surface area contributed by atoms with Gasteiger partial charge in [0.15, 0.2) is 0 Å². The first kappa shape index (κ1) is 11.8. The molecule has 19 heavy (non-hydrogen) atoms. The number of hydrogen-bond donors (Lipinski definition) is 2. The van der Waals surface area contributed by atoms with E-state index < -0.39 is 0 Å². The first-order valence-electron chi connectivity index (χ1n) is 6.32. The summed E-state index contributed by atoms with van der Waals surface area (Å²) in [4.78, 5) is 11.5. The summed E-state index contributed by atoms with van der Waals surface area (Å²) in [6, 6.07) is 5.82. The summed E-state index contributed by atoms with van der Waals surface area (Å²) in [6.07, 6.45) is 0.480. The van der Waals surface area contributed by atoms with E-state index in [0.29, 0.717) is 12.3 Å². The first-order chi connectivity index (χ1) is 9.15. The van der Waals surface area contributed by atoms with Crippen LogP contribution in [0, 0.1) is 11.8 Å². The molecular weight excluding hydrogens is 242 g/mol. The zero-order chi connectivity index (χ0) is 13.4. The van der Waals surface area contributed by atoms with Crippen molar-refractivity contribution >= 4 is 22.7 Å². The van der Waals surface area contributed by atoms with Crippen LogP contribution in [0.4, 0.5) is 0 Å². The lowest BCUT2D eigenvalue weighted by Crippen LogP contribution is -2.35. The molecule has 2 aromatic rings. The molecule has 0 bridgehead atoms. The van der Waals surface area contributed by atoms with Crippen LogP contribution >= 0.6 is 0 Å². The van der Waals surface area contributed by atoms with Crippen LogP contribution in [-0.4, -0.2) is 27.0 Å². The summed E-state index contributed by atoms with van der Waals surface area (Å²) in [6.45, 7) is 4.21. The summed E-state index contributed by atoms with van der Waals surface area (Å²) in [5.41, 5.74) is 6.09. The summed E-state index contributed by atoms with van der Waals surface area (Å²) < 4.78 is 0. The predicted molar refractivity (Wildman–Crippen MR) is 71.5 cm³/mol. The van der Waals surface area contributed by atoms with Gasteiger partial charge in [0.05, 0.1) is 5.71 Å². The fraction of sp³-hybridized carbons (Fsp3) is 0.385. The number of benzene rings is 1. The van der Waals surface area contributed by atoms with E-state index >= 15 is 0 Å². The molecule has 98 valence electrons. The number of hydrogen-bond acceptors (Lipinski definition) is 4. The van der Waals surface area contributed by atoms with Crippen LogP contribution in [0.15, 0.2) is 23.3 Å². The minimum Gasteiger partial charge on any atom is -0.273 e. The molecular formula is C13H15N5O. The molecule has 1 unspecified atom stereocenters. The SMILES string of the molecule is CC(C)C1CC(=O)NN=C1c1ccc2n[nH]nc2c1. The lowest BCUT2D eigenvalue weighted by atomic mass is 9.83. The van der Waals surface area contributed by atoms with E-state index in [1.807, 2.05) is 18.2 Å². The Balaban J connectivity index is 2.05. The van der Waals surface area contributed by atoms with Crippen LogP contribution < -0.4 is 5.43 Å². The van der Waals surface area contributed by atoms with E-state index in [4.69, 9.17) is 0 Å². The third-order valence-electron chi connectivity index (χ3n) is 3.47. The first-order valence-corrected chi connectivity index (χ1v) is 6.32. The lowest BCUT2D eigenvalue weighted by Gasteiger charge is -2.25. The van der Waals surface area contributed by atoms with Crippen LogP contribution in [0.2, 0.25) is 0 Å². The molecule has 3 rings (SSSR count). The number of carbonyl (C=O) groups is 1. The average molecular weight is 257 g/mol. The number of aromatic amines is 1. The highest BCUT2D eigenvalue weighted by molar-refractivity contribution is 6.07. The van der Waals surface area contributed by atoms with Crippen molar-refractivity contribution in [2.45, 2.75) is 20.3 Å². The molecule has 0 saturated heterocycles. The zero-order valence-corrected chi connectivity index (χ0v) is 10.8. The van der Waals surface area contributed by atoms with Crippen LogP contribution in [0.25, 0.3) is 11.0 Å². The van der Waals surface area contributed by atoms with E-state index in [0.717, 1.165) is 22.3 Å². The predicted octanol–water partition coefficient (Wildman–Crippen LogP) is 1.45. The molecule has 1 aromatic carbocycles. The molecule has 0 radical (unpaired) electrons. The van der Waals surface area contributed by atoms with Crippen LogP contribution in [-0.2, 0) is 4.79 Å². The van der Waals surface area contributed by atoms with Gasteiger partial charge in [0, 0.05) is 17.9 Å².